The van der Waals surface area contributed by atoms with Crippen molar-refractivity contribution < 1.29 is 12.8 Å². The molecule has 1 aliphatic carbocycles. The van der Waals surface area contributed by atoms with Crippen LogP contribution < -0.4 is 4.72 Å². The van der Waals surface area contributed by atoms with Crippen LogP contribution in [-0.4, -0.2) is 18.6 Å². The summed E-state index contributed by atoms with van der Waals surface area (Å²) in [5.74, 6) is 1.40. The lowest BCUT2D eigenvalue weighted by atomic mass is 10.3. The smallest absolute Gasteiger partial charge is 0.250 e. The first kappa shape index (κ1) is 15.0. The van der Waals surface area contributed by atoms with E-state index in [1.165, 1.54) is 11.3 Å². The molecule has 120 valence electrons. The van der Waals surface area contributed by atoms with Crippen molar-refractivity contribution in [3.05, 3.63) is 39.7 Å². The van der Waals surface area contributed by atoms with E-state index in [0.29, 0.717) is 29.8 Å². The lowest BCUT2D eigenvalue weighted by Crippen LogP contribution is -2.21. The largest absolute Gasteiger partial charge is 0.420 e. The zero-order chi connectivity index (χ0) is 15.9. The van der Waals surface area contributed by atoms with Crippen molar-refractivity contribution >= 4 is 32.7 Å². The Kier molecular flexibility index (Phi) is 3.80. The third kappa shape index (κ3) is 3.23. The standard InChI is InChI=1S/C14H13N3O3S3/c18-23(19,15-7-11-2-1-5-21-11)12-6-10(8-22-12)14-17-16-13(20-14)9-3-4-9/h1-2,5-6,8-9,15H,3-4,7H2. The first-order chi connectivity index (χ1) is 11.1. The summed E-state index contributed by atoms with van der Waals surface area (Å²) >= 11 is 2.66. The summed E-state index contributed by atoms with van der Waals surface area (Å²) in [7, 11) is -3.54. The van der Waals surface area contributed by atoms with Crippen LogP contribution in [0.3, 0.4) is 0 Å². The van der Waals surface area contributed by atoms with Crippen molar-refractivity contribution in [3.63, 3.8) is 0 Å². The van der Waals surface area contributed by atoms with Gasteiger partial charge in [0.2, 0.25) is 21.8 Å². The highest BCUT2D eigenvalue weighted by Crippen LogP contribution is 2.40. The van der Waals surface area contributed by atoms with Crippen LogP contribution in [0, 0.1) is 0 Å². The second-order valence-corrected chi connectivity index (χ2v) is 9.22. The van der Waals surface area contributed by atoms with Gasteiger partial charge < -0.3 is 4.42 Å². The Morgan fingerprint density at radius 2 is 2.17 bits per heavy atom. The fraction of sp³-hybridized carbons (Fsp3) is 0.286. The third-order valence-electron chi connectivity index (χ3n) is 3.47. The molecule has 0 spiro atoms. The fourth-order valence-electron chi connectivity index (χ4n) is 2.07. The van der Waals surface area contributed by atoms with Gasteiger partial charge in [-0.3, -0.25) is 0 Å². The molecule has 1 N–H and O–H groups in total. The highest BCUT2D eigenvalue weighted by Gasteiger charge is 2.30. The van der Waals surface area contributed by atoms with Gasteiger partial charge in [0, 0.05) is 22.7 Å². The Labute approximate surface area is 141 Å². The van der Waals surface area contributed by atoms with Crippen LogP contribution in [0.5, 0.6) is 0 Å². The van der Waals surface area contributed by atoms with Crippen LogP contribution >= 0.6 is 22.7 Å². The summed E-state index contributed by atoms with van der Waals surface area (Å²) in [6.07, 6.45) is 2.16. The molecule has 1 fully saturated rings. The van der Waals surface area contributed by atoms with E-state index < -0.39 is 10.0 Å². The molecule has 0 aliphatic heterocycles. The lowest BCUT2D eigenvalue weighted by Gasteiger charge is -2.02. The van der Waals surface area contributed by atoms with E-state index in [1.807, 2.05) is 17.5 Å². The maximum absolute atomic E-state index is 12.3. The van der Waals surface area contributed by atoms with E-state index >= 15 is 0 Å². The van der Waals surface area contributed by atoms with E-state index in [9.17, 15) is 8.42 Å². The minimum atomic E-state index is -3.54. The second-order valence-electron chi connectivity index (χ2n) is 5.28. The Bertz CT molecular complexity index is 908. The van der Waals surface area contributed by atoms with E-state index in [2.05, 4.69) is 14.9 Å². The van der Waals surface area contributed by atoms with Gasteiger partial charge in [0.05, 0.1) is 5.56 Å². The molecule has 0 unspecified atom stereocenters. The molecule has 0 bridgehead atoms. The molecule has 0 aromatic carbocycles. The first-order valence-corrected chi connectivity index (χ1v) is 10.3. The fourth-order valence-corrected chi connectivity index (χ4v) is 5.01. The molecule has 0 radical (unpaired) electrons. The highest BCUT2D eigenvalue weighted by molar-refractivity contribution is 7.91. The summed E-state index contributed by atoms with van der Waals surface area (Å²) in [6.45, 7) is 0.291. The summed E-state index contributed by atoms with van der Waals surface area (Å²) in [5, 5.41) is 11.7. The molecule has 3 heterocycles. The average molecular weight is 367 g/mol. The van der Waals surface area contributed by atoms with Crippen LogP contribution in [0.25, 0.3) is 11.5 Å². The zero-order valence-electron chi connectivity index (χ0n) is 11.9. The predicted molar refractivity (Wildman–Crippen MR) is 87.9 cm³/mol. The highest BCUT2D eigenvalue weighted by atomic mass is 32.2. The molecule has 0 atom stereocenters. The topological polar surface area (TPSA) is 85.1 Å². The SMILES string of the molecule is O=S(=O)(NCc1cccs1)c1cc(-c2nnc(C3CC3)o2)cs1. The van der Waals surface area contributed by atoms with Crippen LogP contribution in [0.15, 0.2) is 37.6 Å². The Balaban J connectivity index is 1.51. The van der Waals surface area contributed by atoms with Crippen LogP contribution in [0.1, 0.15) is 29.5 Å². The van der Waals surface area contributed by atoms with Crippen molar-refractivity contribution in [3.8, 4) is 11.5 Å². The quantitative estimate of drug-likeness (QED) is 0.723. The summed E-state index contributed by atoms with van der Waals surface area (Å²) < 4.78 is 33.1. The van der Waals surface area contributed by atoms with Gasteiger partial charge in [-0.05, 0) is 30.4 Å². The van der Waals surface area contributed by atoms with Gasteiger partial charge in [0.15, 0.2) is 0 Å². The molecule has 1 aliphatic rings. The Morgan fingerprint density at radius 3 is 2.91 bits per heavy atom. The predicted octanol–water partition coefficient (Wildman–Crippen LogP) is 3.22. The maximum Gasteiger partial charge on any atom is 0.250 e. The number of nitrogens with zero attached hydrogens (tertiary/aromatic N) is 2. The lowest BCUT2D eigenvalue weighted by molar-refractivity contribution is 0.508. The molecule has 3 aromatic heterocycles. The summed E-state index contributed by atoms with van der Waals surface area (Å²) in [4.78, 5) is 0.969. The van der Waals surface area contributed by atoms with Crippen molar-refractivity contribution in [2.24, 2.45) is 0 Å². The van der Waals surface area contributed by atoms with Crippen molar-refractivity contribution in [2.75, 3.05) is 0 Å². The summed E-state index contributed by atoms with van der Waals surface area (Å²) in [5.41, 5.74) is 0.644. The number of hydrogen-bond donors (Lipinski definition) is 1. The van der Waals surface area contributed by atoms with Gasteiger partial charge in [-0.1, -0.05) is 6.07 Å². The molecule has 1 saturated carbocycles. The van der Waals surface area contributed by atoms with Crippen LogP contribution in [-0.2, 0) is 16.6 Å². The molecular formula is C14H13N3O3S3. The minimum Gasteiger partial charge on any atom is -0.420 e. The Hall–Kier alpha value is -1.55. The monoisotopic (exact) mass is 367 g/mol. The number of sulfonamides is 1. The number of aromatic nitrogens is 2. The van der Waals surface area contributed by atoms with E-state index in [-0.39, 0.29) is 4.21 Å². The average Bonchev–Trinajstić information content (AvgIpc) is 3.03. The molecule has 3 aromatic rings. The molecule has 0 amide bonds. The second kappa shape index (κ2) is 5.82. The van der Waals surface area contributed by atoms with Gasteiger partial charge in [0.1, 0.15) is 4.21 Å². The van der Waals surface area contributed by atoms with E-state index in [0.717, 1.165) is 29.1 Å². The minimum absolute atomic E-state index is 0.246. The van der Waals surface area contributed by atoms with Gasteiger partial charge in [0.25, 0.3) is 0 Å². The number of hydrogen-bond acceptors (Lipinski definition) is 7. The molecule has 9 heteroatoms. The third-order valence-corrected chi connectivity index (χ3v) is 7.19. The summed E-state index contributed by atoms with van der Waals surface area (Å²) in [6, 6.07) is 5.36. The Morgan fingerprint density at radius 1 is 1.30 bits per heavy atom. The molecular weight excluding hydrogens is 354 g/mol. The number of rotatable bonds is 6. The van der Waals surface area contributed by atoms with Gasteiger partial charge in [-0.2, -0.15) is 0 Å². The molecule has 23 heavy (non-hydrogen) atoms. The van der Waals surface area contributed by atoms with Gasteiger partial charge in [-0.25, -0.2) is 13.1 Å². The number of nitrogens with one attached hydrogen (secondary N) is 1. The van der Waals surface area contributed by atoms with Gasteiger partial charge in [-0.15, -0.1) is 32.9 Å². The van der Waals surface area contributed by atoms with E-state index in [1.54, 1.807) is 11.4 Å². The van der Waals surface area contributed by atoms with Gasteiger partial charge >= 0.3 is 0 Å². The molecule has 4 rings (SSSR count). The molecule has 6 nitrogen and oxygen atoms in total. The number of thiophene rings is 2. The zero-order valence-corrected chi connectivity index (χ0v) is 14.4. The van der Waals surface area contributed by atoms with Crippen molar-refractivity contribution in [1.82, 2.24) is 14.9 Å². The van der Waals surface area contributed by atoms with Crippen LogP contribution in [0.2, 0.25) is 0 Å². The maximum atomic E-state index is 12.3. The first-order valence-electron chi connectivity index (χ1n) is 7.06. The van der Waals surface area contributed by atoms with Crippen LogP contribution in [0.4, 0.5) is 0 Å². The normalized spacial score (nSPS) is 15.1. The van der Waals surface area contributed by atoms with E-state index in [4.69, 9.17) is 4.42 Å². The molecule has 0 saturated heterocycles. The van der Waals surface area contributed by atoms with Crippen molar-refractivity contribution in [1.29, 1.82) is 0 Å². The van der Waals surface area contributed by atoms with Crippen molar-refractivity contribution in [2.45, 2.75) is 29.5 Å².